The normalized spacial score (nSPS) is 8.95. The van der Waals surface area contributed by atoms with Crippen LogP contribution >= 0.6 is 30.6 Å². The molecule has 108 valence electrons. The van der Waals surface area contributed by atoms with Gasteiger partial charge in [0.15, 0.2) is 6.76 Å². The van der Waals surface area contributed by atoms with Crippen molar-refractivity contribution >= 4 is 61.2 Å². The largest absolute Gasteiger partial charge is 0.478 e. The van der Waals surface area contributed by atoms with E-state index in [4.69, 9.17) is 20.4 Å². The van der Waals surface area contributed by atoms with Gasteiger partial charge >= 0.3 is 23.9 Å². The van der Waals surface area contributed by atoms with Crippen LogP contribution in [-0.2, 0) is 19.2 Å². The monoisotopic (exact) mass is 420 g/mol. The van der Waals surface area contributed by atoms with Crippen LogP contribution in [0.2, 0.25) is 0 Å². The first-order chi connectivity index (χ1) is 8.67. The standard InChI is InChI=1S/2C4H4O4.Br2H2Si/c2*5-3(6)1-2-4(7)8;1-3-2/h2*1-2H,(H,5,6)(H,7,8);3H2/b2*2-1+;. The molecule has 0 fully saturated rings. The molecule has 0 bridgehead atoms. The molecule has 19 heavy (non-hydrogen) atoms. The molecule has 0 aromatic rings. The number of hydrogen-bond donors (Lipinski definition) is 4. The number of carboxylic acids is 4. The first kappa shape index (κ1) is 22.7. The summed E-state index contributed by atoms with van der Waals surface area (Å²) in [5.41, 5.74) is 0. The molecule has 0 aromatic heterocycles. The fraction of sp³-hybridized carbons (Fsp3) is 0. The zero-order valence-electron chi connectivity index (χ0n) is 9.19. The Labute approximate surface area is 125 Å². The van der Waals surface area contributed by atoms with E-state index in [-0.39, 0.29) is 6.76 Å². The van der Waals surface area contributed by atoms with Crippen molar-refractivity contribution in [3.05, 3.63) is 24.3 Å². The Bertz CT molecular complexity index is 300. The summed E-state index contributed by atoms with van der Waals surface area (Å²) in [7, 11) is 0. The molecule has 0 heterocycles. The molecule has 0 amide bonds. The van der Waals surface area contributed by atoms with Crippen molar-refractivity contribution in [1.29, 1.82) is 0 Å². The molecule has 0 saturated heterocycles. The summed E-state index contributed by atoms with van der Waals surface area (Å²) in [5, 5.41) is 31.2. The van der Waals surface area contributed by atoms with Gasteiger partial charge in [-0.2, -0.15) is 0 Å². The van der Waals surface area contributed by atoms with E-state index in [2.05, 4.69) is 30.6 Å². The number of carbonyl (C=O) groups is 4. The molecule has 0 aromatic carbocycles. The highest BCUT2D eigenvalue weighted by Crippen LogP contribution is 1.78. The Hall–Kier alpha value is -1.46. The molecule has 11 heteroatoms. The van der Waals surface area contributed by atoms with E-state index in [1.54, 1.807) is 0 Å². The van der Waals surface area contributed by atoms with Crippen LogP contribution in [0.25, 0.3) is 0 Å². The van der Waals surface area contributed by atoms with Gasteiger partial charge in [-0.25, -0.2) is 19.2 Å². The van der Waals surface area contributed by atoms with Crippen LogP contribution in [0.4, 0.5) is 0 Å². The molecule has 0 radical (unpaired) electrons. The van der Waals surface area contributed by atoms with E-state index in [9.17, 15) is 19.2 Å². The molecule has 8 nitrogen and oxygen atoms in total. The number of hydrogen-bond acceptors (Lipinski definition) is 4. The highest BCUT2D eigenvalue weighted by molar-refractivity contribution is 9.47. The highest BCUT2D eigenvalue weighted by Gasteiger charge is 1.88. The van der Waals surface area contributed by atoms with E-state index in [0.717, 1.165) is 0 Å². The second kappa shape index (κ2) is 16.5. The van der Waals surface area contributed by atoms with E-state index in [1.165, 1.54) is 0 Å². The van der Waals surface area contributed by atoms with Crippen molar-refractivity contribution < 1.29 is 39.6 Å². The van der Waals surface area contributed by atoms with Gasteiger partial charge in [0.05, 0.1) is 0 Å². The third kappa shape index (κ3) is 48.0. The maximum absolute atomic E-state index is 9.55. The van der Waals surface area contributed by atoms with Crippen LogP contribution < -0.4 is 0 Å². The maximum Gasteiger partial charge on any atom is 0.328 e. The minimum Gasteiger partial charge on any atom is -0.478 e. The second-order valence-electron chi connectivity index (χ2n) is 2.12. The van der Waals surface area contributed by atoms with Gasteiger partial charge in [-0.3, -0.25) is 0 Å². The van der Waals surface area contributed by atoms with Gasteiger partial charge in [0.25, 0.3) is 0 Å². The lowest BCUT2D eigenvalue weighted by molar-refractivity contribution is -0.134. The summed E-state index contributed by atoms with van der Waals surface area (Å²) in [6, 6.07) is 0. The van der Waals surface area contributed by atoms with E-state index in [0.29, 0.717) is 24.3 Å². The van der Waals surface area contributed by atoms with Gasteiger partial charge in [-0.1, -0.05) is 0 Å². The Morgan fingerprint density at radius 2 is 0.737 bits per heavy atom. The fourth-order valence-electron chi connectivity index (χ4n) is 0.285. The smallest absolute Gasteiger partial charge is 0.328 e. The van der Waals surface area contributed by atoms with Gasteiger partial charge < -0.3 is 20.4 Å². The van der Waals surface area contributed by atoms with Crippen LogP contribution in [0.5, 0.6) is 0 Å². The minimum absolute atomic E-state index is 0.0417. The molecule has 0 aliphatic heterocycles. The van der Waals surface area contributed by atoms with Crippen molar-refractivity contribution in [3.63, 3.8) is 0 Å². The average Bonchev–Trinajstić information content (AvgIpc) is 2.25. The summed E-state index contributed by atoms with van der Waals surface area (Å²) in [6.07, 6.45) is 2.23. The molecule has 0 spiro atoms. The van der Waals surface area contributed by atoms with Gasteiger partial charge in [0, 0.05) is 24.3 Å². The predicted octanol–water partition coefficient (Wildman–Crippen LogP) is 0.199. The lowest BCUT2D eigenvalue weighted by atomic mass is 10.5. The molecule has 4 N–H and O–H groups in total. The van der Waals surface area contributed by atoms with Crippen LogP contribution in [0.15, 0.2) is 24.3 Å². The van der Waals surface area contributed by atoms with Gasteiger partial charge in [-0.05, 0) is 0 Å². The Morgan fingerprint density at radius 1 is 0.632 bits per heavy atom. The third-order valence-electron chi connectivity index (χ3n) is 0.737. The molecule has 0 unspecified atom stereocenters. The summed E-state index contributed by atoms with van der Waals surface area (Å²) in [4.78, 5) is 38.2. The lowest BCUT2D eigenvalue weighted by Gasteiger charge is -1.74. The number of carboxylic acid groups (broad SMARTS) is 4. The topological polar surface area (TPSA) is 149 Å². The molecule has 0 aliphatic rings. The summed E-state index contributed by atoms with van der Waals surface area (Å²) >= 11 is 6.40. The first-order valence-electron chi connectivity index (χ1n) is 4.07. The number of aliphatic carboxylic acids is 4. The van der Waals surface area contributed by atoms with Gasteiger partial charge in [0.1, 0.15) is 0 Å². The maximum atomic E-state index is 9.55. The summed E-state index contributed by atoms with van der Waals surface area (Å²) < 4.78 is 0. The number of halogens is 2. The minimum atomic E-state index is -1.26. The zero-order chi connectivity index (χ0) is 15.8. The van der Waals surface area contributed by atoms with E-state index in [1.807, 2.05) is 0 Å². The quantitative estimate of drug-likeness (QED) is 0.285. The Balaban J connectivity index is -0.000000224. The Kier molecular flexibility index (Phi) is 19.8. The van der Waals surface area contributed by atoms with Crippen molar-refractivity contribution in [2.24, 2.45) is 0 Å². The molecular weight excluding hydrogens is 412 g/mol. The summed E-state index contributed by atoms with van der Waals surface area (Å²) in [5.74, 6) is -5.03. The summed E-state index contributed by atoms with van der Waals surface area (Å²) in [6.45, 7) is 0.0417. The lowest BCUT2D eigenvalue weighted by Crippen LogP contribution is -1.91. The SMILES string of the molecule is Br[SiH2]Br.O=C(O)/C=C/C(=O)O.O=C(O)/C=C/C(=O)O. The van der Waals surface area contributed by atoms with Crippen molar-refractivity contribution in [2.75, 3.05) is 0 Å². The molecule has 0 saturated carbocycles. The van der Waals surface area contributed by atoms with Crippen LogP contribution in [-0.4, -0.2) is 51.1 Å². The van der Waals surface area contributed by atoms with Crippen LogP contribution in [0.3, 0.4) is 0 Å². The van der Waals surface area contributed by atoms with Gasteiger partial charge in [0.2, 0.25) is 0 Å². The van der Waals surface area contributed by atoms with Crippen molar-refractivity contribution in [2.45, 2.75) is 0 Å². The van der Waals surface area contributed by atoms with Crippen molar-refractivity contribution in [3.8, 4) is 0 Å². The van der Waals surface area contributed by atoms with E-state index < -0.39 is 23.9 Å². The highest BCUT2D eigenvalue weighted by atomic mass is 79.9. The van der Waals surface area contributed by atoms with Crippen molar-refractivity contribution in [1.82, 2.24) is 0 Å². The van der Waals surface area contributed by atoms with Gasteiger partial charge in [-0.15, -0.1) is 30.6 Å². The molecular formula is C8H10Br2O8Si. The number of rotatable bonds is 4. The average molecular weight is 422 g/mol. The fourth-order valence-corrected chi connectivity index (χ4v) is 0.285. The van der Waals surface area contributed by atoms with E-state index >= 15 is 0 Å². The Morgan fingerprint density at radius 3 is 0.789 bits per heavy atom. The molecule has 0 rings (SSSR count). The van der Waals surface area contributed by atoms with Crippen LogP contribution in [0, 0.1) is 0 Å². The van der Waals surface area contributed by atoms with Crippen LogP contribution in [0.1, 0.15) is 0 Å². The predicted molar refractivity (Wildman–Crippen MR) is 75.2 cm³/mol. The molecule has 0 aliphatic carbocycles. The third-order valence-corrected chi connectivity index (χ3v) is 0.737. The second-order valence-corrected chi connectivity index (χ2v) is 10.2. The zero-order valence-corrected chi connectivity index (χ0v) is 13.8. The first-order valence-corrected chi connectivity index (χ1v) is 11.9. The molecule has 0 atom stereocenters.